The van der Waals surface area contributed by atoms with Gasteiger partial charge in [-0.25, -0.2) is 15.4 Å². The molecule has 0 fully saturated rings. The fourth-order valence-corrected chi connectivity index (χ4v) is 2.81. The van der Waals surface area contributed by atoms with Crippen molar-refractivity contribution in [2.75, 3.05) is 5.43 Å². The molecule has 0 radical (unpaired) electrons. The van der Waals surface area contributed by atoms with Crippen molar-refractivity contribution in [1.29, 1.82) is 0 Å². The van der Waals surface area contributed by atoms with E-state index in [1.54, 1.807) is 6.26 Å². The van der Waals surface area contributed by atoms with E-state index in [0.717, 1.165) is 22.2 Å². The number of hydrazone groups is 1. The van der Waals surface area contributed by atoms with Gasteiger partial charge in [0.2, 0.25) is 5.95 Å². The summed E-state index contributed by atoms with van der Waals surface area (Å²) in [5, 5.41) is 5.85. The third-order valence-corrected chi connectivity index (χ3v) is 4.14. The van der Waals surface area contributed by atoms with Crippen LogP contribution in [-0.2, 0) is 0 Å². The third kappa shape index (κ3) is 3.30. The maximum absolute atomic E-state index is 6.17. The molecule has 2 heterocycles. The Kier molecular flexibility index (Phi) is 4.37. The number of nitrogens with zero attached hydrogens (tertiary/aromatic N) is 3. The quantitative estimate of drug-likeness (QED) is 0.391. The monoisotopic (exact) mass is 362 g/mol. The molecule has 2 aromatic carbocycles. The molecule has 0 atom stereocenters. The molecule has 0 bridgehead atoms. The highest BCUT2D eigenvalue weighted by Crippen LogP contribution is 2.29. The summed E-state index contributed by atoms with van der Waals surface area (Å²) in [4.78, 5) is 9.18. The number of rotatable bonds is 4. The molecule has 0 amide bonds. The van der Waals surface area contributed by atoms with Crippen molar-refractivity contribution in [1.82, 2.24) is 9.97 Å². The lowest BCUT2D eigenvalue weighted by atomic mass is 10.1. The van der Waals surface area contributed by atoms with E-state index in [2.05, 4.69) is 20.5 Å². The average molecular weight is 363 g/mol. The summed E-state index contributed by atoms with van der Waals surface area (Å²) >= 11 is 6.17. The standard InChI is InChI=1S/C20H15ClN4O/c1-13(18-8-5-11-26-18)24-25-20-22-17-10-9-15(21)12-16(17)19(23-20)14-6-3-2-4-7-14/h2-12H,1H3,(H,22,23,25)/b24-13-. The van der Waals surface area contributed by atoms with E-state index >= 15 is 0 Å². The Bertz CT molecular complexity index is 1080. The Hall–Kier alpha value is -3.18. The van der Waals surface area contributed by atoms with Crippen molar-refractivity contribution in [3.8, 4) is 11.3 Å². The molecule has 6 heteroatoms. The zero-order chi connectivity index (χ0) is 17.9. The summed E-state index contributed by atoms with van der Waals surface area (Å²) in [6, 6.07) is 19.1. The van der Waals surface area contributed by atoms with Crippen molar-refractivity contribution < 1.29 is 4.42 Å². The molecule has 0 aliphatic heterocycles. The molecule has 4 rings (SSSR count). The number of aromatic nitrogens is 2. The van der Waals surface area contributed by atoms with E-state index in [4.69, 9.17) is 16.0 Å². The molecule has 26 heavy (non-hydrogen) atoms. The highest BCUT2D eigenvalue weighted by molar-refractivity contribution is 6.31. The van der Waals surface area contributed by atoms with E-state index < -0.39 is 0 Å². The molecular formula is C20H15ClN4O. The zero-order valence-electron chi connectivity index (χ0n) is 14.0. The van der Waals surface area contributed by atoms with Crippen LogP contribution < -0.4 is 5.43 Å². The van der Waals surface area contributed by atoms with E-state index in [0.29, 0.717) is 22.4 Å². The first-order valence-electron chi connectivity index (χ1n) is 8.07. The highest BCUT2D eigenvalue weighted by Gasteiger charge is 2.10. The first-order chi connectivity index (χ1) is 12.7. The van der Waals surface area contributed by atoms with Crippen LogP contribution in [0.4, 0.5) is 5.95 Å². The van der Waals surface area contributed by atoms with Crippen molar-refractivity contribution in [3.05, 3.63) is 77.7 Å². The van der Waals surface area contributed by atoms with Crippen molar-refractivity contribution in [2.24, 2.45) is 5.10 Å². The van der Waals surface area contributed by atoms with Crippen LogP contribution in [0.25, 0.3) is 22.2 Å². The minimum Gasteiger partial charge on any atom is -0.463 e. The Labute approximate surface area is 155 Å². The molecule has 0 aliphatic carbocycles. The highest BCUT2D eigenvalue weighted by atomic mass is 35.5. The van der Waals surface area contributed by atoms with Crippen LogP contribution in [0.1, 0.15) is 12.7 Å². The maximum Gasteiger partial charge on any atom is 0.244 e. The number of fused-ring (bicyclic) bond motifs is 1. The summed E-state index contributed by atoms with van der Waals surface area (Å²) in [5.41, 5.74) is 6.20. The second-order valence-electron chi connectivity index (χ2n) is 5.71. The first kappa shape index (κ1) is 16.3. The smallest absolute Gasteiger partial charge is 0.244 e. The zero-order valence-corrected chi connectivity index (χ0v) is 14.7. The number of furan rings is 1. The molecule has 0 aliphatic rings. The Morgan fingerprint density at radius 1 is 1.04 bits per heavy atom. The second kappa shape index (κ2) is 6.98. The molecular weight excluding hydrogens is 348 g/mol. The van der Waals surface area contributed by atoms with Gasteiger partial charge in [-0.3, -0.25) is 0 Å². The predicted octanol–water partition coefficient (Wildman–Crippen LogP) is 5.38. The molecule has 4 aromatic rings. The summed E-state index contributed by atoms with van der Waals surface area (Å²) < 4.78 is 5.33. The largest absolute Gasteiger partial charge is 0.463 e. The van der Waals surface area contributed by atoms with Crippen LogP contribution in [0, 0.1) is 0 Å². The number of anilines is 1. The third-order valence-electron chi connectivity index (χ3n) is 3.91. The lowest BCUT2D eigenvalue weighted by molar-refractivity contribution is 0.557. The van der Waals surface area contributed by atoms with Gasteiger partial charge in [0.05, 0.1) is 17.5 Å². The number of hydrogen-bond donors (Lipinski definition) is 1. The van der Waals surface area contributed by atoms with Gasteiger partial charge >= 0.3 is 0 Å². The van der Waals surface area contributed by atoms with E-state index in [1.807, 2.05) is 67.6 Å². The fourth-order valence-electron chi connectivity index (χ4n) is 2.64. The molecule has 1 N–H and O–H groups in total. The van der Waals surface area contributed by atoms with Crippen LogP contribution in [0.5, 0.6) is 0 Å². The van der Waals surface area contributed by atoms with Gasteiger partial charge in [-0.15, -0.1) is 0 Å². The van der Waals surface area contributed by atoms with Crippen molar-refractivity contribution in [3.63, 3.8) is 0 Å². The van der Waals surface area contributed by atoms with E-state index in [-0.39, 0.29) is 0 Å². The maximum atomic E-state index is 6.17. The molecule has 0 saturated heterocycles. The van der Waals surface area contributed by atoms with Gasteiger partial charge in [0.1, 0.15) is 11.5 Å². The Balaban J connectivity index is 1.79. The summed E-state index contributed by atoms with van der Waals surface area (Å²) in [6.45, 7) is 1.85. The summed E-state index contributed by atoms with van der Waals surface area (Å²) in [7, 11) is 0. The topological polar surface area (TPSA) is 63.3 Å². The van der Waals surface area contributed by atoms with Gasteiger partial charge in [0.25, 0.3) is 0 Å². The molecule has 2 aromatic heterocycles. The van der Waals surface area contributed by atoms with Gasteiger partial charge in [-0.1, -0.05) is 41.9 Å². The molecule has 128 valence electrons. The van der Waals surface area contributed by atoms with Gasteiger partial charge in [-0.05, 0) is 37.3 Å². The minimum absolute atomic E-state index is 0.407. The van der Waals surface area contributed by atoms with Gasteiger partial charge < -0.3 is 4.42 Å². The number of hydrogen-bond acceptors (Lipinski definition) is 5. The summed E-state index contributed by atoms with van der Waals surface area (Å²) in [6.07, 6.45) is 1.61. The van der Waals surface area contributed by atoms with Crippen molar-refractivity contribution >= 4 is 34.2 Å². The summed E-state index contributed by atoms with van der Waals surface area (Å²) in [5.74, 6) is 1.10. The van der Waals surface area contributed by atoms with Crippen LogP contribution in [0.2, 0.25) is 5.02 Å². The molecule has 0 spiro atoms. The van der Waals surface area contributed by atoms with Gasteiger partial charge in [0, 0.05) is 16.0 Å². The first-order valence-corrected chi connectivity index (χ1v) is 8.45. The van der Waals surface area contributed by atoms with Crippen LogP contribution >= 0.6 is 11.6 Å². The Morgan fingerprint density at radius 3 is 2.65 bits per heavy atom. The van der Waals surface area contributed by atoms with Crippen molar-refractivity contribution in [2.45, 2.75) is 6.92 Å². The van der Waals surface area contributed by atoms with E-state index in [1.165, 1.54) is 0 Å². The lowest BCUT2D eigenvalue weighted by Crippen LogP contribution is -2.03. The predicted molar refractivity (Wildman–Crippen MR) is 105 cm³/mol. The fraction of sp³-hybridized carbons (Fsp3) is 0.0500. The number of halogens is 1. The van der Waals surface area contributed by atoms with Gasteiger partial charge in [0.15, 0.2) is 0 Å². The van der Waals surface area contributed by atoms with Crippen LogP contribution in [0.15, 0.2) is 76.4 Å². The normalized spacial score (nSPS) is 11.7. The van der Waals surface area contributed by atoms with Crippen LogP contribution in [0.3, 0.4) is 0 Å². The Morgan fingerprint density at radius 2 is 1.88 bits per heavy atom. The molecule has 5 nitrogen and oxygen atoms in total. The van der Waals surface area contributed by atoms with Crippen LogP contribution in [-0.4, -0.2) is 15.7 Å². The second-order valence-corrected chi connectivity index (χ2v) is 6.15. The SMILES string of the molecule is C/C(=N/Nc1nc(-c2ccccc2)c2cc(Cl)ccc2n1)c1ccco1. The molecule has 0 unspecified atom stereocenters. The van der Waals surface area contributed by atoms with E-state index in [9.17, 15) is 0 Å². The lowest BCUT2D eigenvalue weighted by Gasteiger charge is -2.09. The molecule has 0 saturated carbocycles. The average Bonchev–Trinajstić information content (AvgIpc) is 3.21. The number of benzene rings is 2. The minimum atomic E-state index is 0.407. The van der Waals surface area contributed by atoms with Gasteiger partial charge in [-0.2, -0.15) is 5.10 Å². The number of nitrogens with one attached hydrogen (secondary N) is 1.